The van der Waals surface area contributed by atoms with Gasteiger partial charge in [0, 0.05) is 47.6 Å². The Morgan fingerprint density at radius 3 is 2.88 bits per heavy atom. The van der Waals surface area contributed by atoms with Gasteiger partial charge < -0.3 is 15.4 Å². The van der Waals surface area contributed by atoms with Gasteiger partial charge in [0.1, 0.15) is 0 Å². The molecule has 4 nitrogen and oxygen atoms in total. The Hall–Kier alpha value is -0.970. The van der Waals surface area contributed by atoms with Crippen LogP contribution in [-0.2, 0) is 11.3 Å². The molecule has 2 saturated carbocycles. The first-order valence-corrected chi connectivity index (χ1v) is 9.42. The lowest BCUT2D eigenvalue weighted by atomic mass is 9.46. The number of benzene rings is 1. The molecule has 0 bridgehead atoms. The van der Waals surface area contributed by atoms with Crippen molar-refractivity contribution in [3.63, 3.8) is 0 Å². The third-order valence-corrected chi connectivity index (χ3v) is 6.60. The topological polar surface area (TPSA) is 45.7 Å². The molecule has 6 heteroatoms. The minimum absolute atomic E-state index is 0.344. The highest BCUT2D eigenvalue weighted by molar-refractivity contribution is 6.35. The number of guanidine groups is 1. The highest BCUT2D eigenvalue weighted by Crippen LogP contribution is 2.62. The van der Waals surface area contributed by atoms with Crippen LogP contribution in [0.4, 0.5) is 0 Å². The molecule has 0 aromatic heterocycles. The lowest BCUT2D eigenvalue weighted by Crippen LogP contribution is -2.72. The van der Waals surface area contributed by atoms with Gasteiger partial charge >= 0.3 is 0 Å². The van der Waals surface area contributed by atoms with E-state index < -0.39 is 0 Å². The molecule has 3 aliphatic rings. The molecule has 1 aromatic carbocycles. The molecule has 1 aliphatic heterocycles. The van der Waals surface area contributed by atoms with Crippen molar-refractivity contribution in [3.8, 4) is 0 Å². The van der Waals surface area contributed by atoms with Crippen molar-refractivity contribution < 1.29 is 4.74 Å². The van der Waals surface area contributed by atoms with E-state index in [4.69, 9.17) is 27.9 Å². The second-order valence-corrected chi connectivity index (χ2v) is 7.96. The number of hydrogen-bond donors (Lipinski definition) is 2. The van der Waals surface area contributed by atoms with Gasteiger partial charge in [-0.25, -0.2) is 0 Å². The Balaban J connectivity index is 1.40. The van der Waals surface area contributed by atoms with E-state index in [1.165, 1.54) is 19.3 Å². The van der Waals surface area contributed by atoms with E-state index >= 15 is 0 Å². The van der Waals surface area contributed by atoms with Gasteiger partial charge in [-0.1, -0.05) is 35.7 Å². The fourth-order valence-electron chi connectivity index (χ4n) is 4.64. The van der Waals surface area contributed by atoms with Gasteiger partial charge in [-0.15, -0.1) is 0 Å². The minimum atomic E-state index is 0.344. The molecule has 24 heavy (non-hydrogen) atoms. The summed E-state index contributed by atoms with van der Waals surface area (Å²) in [6.07, 6.45) is 5.48. The standard InChI is InChI=1S/C18H23Cl2N3O/c1-21-17(22-10-11-3-4-12(19)9-14(11)20)23-15-13-5-8-24-16(13)18(15)6-2-7-18/h3-4,9,13,15-16H,2,5-8,10H2,1H3,(H2,21,22,23). The first-order valence-electron chi connectivity index (χ1n) is 8.67. The van der Waals surface area contributed by atoms with E-state index in [1.54, 1.807) is 6.07 Å². The second kappa shape index (κ2) is 6.40. The average molecular weight is 368 g/mol. The molecule has 0 amide bonds. The van der Waals surface area contributed by atoms with Crippen LogP contribution in [0.1, 0.15) is 31.2 Å². The number of ether oxygens (including phenoxy) is 1. The van der Waals surface area contributed by atoms with Crippen LogP contribution < -0.4 is 10.6 Å². The van der Waals surface area contributed by atoms with E-state index in [-0.39, 0.29) is 0 Å². The van der Waals surface area contributed by atoms with Crippen LogP contribution in [-0.4, -0.2) is 31.8 Å². The molecule has 2 N–H and O–H groups in total. The number of hydrogen-bond acceptors (Lipinski definition) is 2. The highest BCUT2D eigenvalue weighted by atomic mass is 35.5. The van der Waals surface area contributed by atoms with E-state index in [0.717, 1.165) is 24.6 Å². The maximum absolute atomic E-state index is 6.25. The molecule has 3 fully saturated rings. The van der Waals surface area contributed by atoms with Crippen LogP contribution in [0.25, 0.3) is 0 Å². The Morgan fingerprint density at radius 2 is 2.21 bits per heavy atom. The number of halogens is 2. The van der Waals surface area contributed by atoms with E-state index in [1.807, 2.05) is 19.2 Å². The van der Waals surface area contributed by atoms with Crippen molar-refractivity contribution >= 4 is 29.2 Å². The zero-order valence-corrected chi connectivity index (χ0v) is 15.3. The average Bonchev–Trinajstić information content (AvgIpc) is 2.92. The first-order chi connectivity index (χ1) is 11.6. The SMILES string of the molecule is CN=C(NCc1ccc(Cl)cc1Cl)NC1C2CCOC2C12CCC2. The number of aliphatic imine (C=N–C) groups is 1. The van der Waals surface area contributed by atoms with Crippen molar-refractivity contribution in [3.05, 3.63) is 33.8 Å². The van der Waals surface area contributed by atoms with Crippen LogP contribution >= 0.6 is 23.2 Å². The number of fused-ring (bicyclic) bond motifs is 2. The predicted molar refractivity (Wildman–Crippen MR) is 97.7 cm³/mol. The smallest absolute Gasteiger partial charge is 0.191 e. The second-order valence-electron chi connectivity index (χ2n) is 7.11. The Kier molecular flexibility index (Phi) is 4.40. The van der Waals surface area contributed by atoms with E-state index in [9.17, 15) is 0 Å². The summed E-state index contributed by atoms with van der Waals surface area (Å²) in [6, 6.07) is 6.05. The molecule has 3 unspecified atom stereocenters. The van der Waals surface area contributed by atoms with E-state index in [0.29, 0.717) is 40.1 Å². The van der Waals surface area contributed by atoms with Crippen LogP contribution in [0.2, 0.25) is 10.0 Å². The zero-order chi connectivity index (χ0) is 16.7. The maximum Gasteiger partial charge on any atom is 0.191 e. The zero-order valence-electron chi connectivity index (χ0n) is 13.8. The summed E-state index contributed by atoms with van der Waals surface area (Å²) in [4.78, 5) is 4.39. The lowest BCUT2D eigenvalue weighted by Gasteiger charge is -2.63. The van der Waals surface area contributed by atoms with Gasteiger partial charge in [-0.05, 0) is 37.0 Å². The molecule has 1 heterocycles. The Labute approximate surface area is 153 Å². The summed E-state index contributed by atoms with van der Waals surface area (Å²) >= 11 is 12.2. The molecule has 1 aromatic rings. The first kappa shape index (κ1) is 16.5. The fourth-order valence-corrected chi connectivity index (χ4v) is 5.12. The van der Waals surface area contributed by atoms with E-state index in [2.05, 4.69) is 15.6 Å². The van der Waals surface area contributed by atoms with Gasteiger partial charge in [0.2, 0.25) is 0 Å². The molecular weight excluding hydrogens is 345 g/mol. The number of rotatable bonds is 3. The molecule has 2 aliphatic carbocycles. The third-order valence-electron chi connectivity index (χ3n) is 6.01. The minimum Gasteiger partial charge on any atom is -0.377 e. The summed E-state index contributed by atoms with van der Waals surface area (Å²) < 4.78 is 5.98. The van der Waals surface area contributed by atoms with Gasteiger partial charge in [-0.3, -0.25) is 4.99 Å². The molecule has 130 valence electrons. The van der Waals surface area contributed by atoms with Crippen molar-refractivity contribution in [1.29, 1.82) is 0 Å². The molecule has 3 atom stereocenters. The monoisotopic (exact) mass is 367 g/mol. The lowest BCUT2D eigenvalue weighted by molar-refractivity contribution is -0.171. The Bertz CT molecular complexity index is 660. The molecule has 4 rings (SSSR count). The van der Waals surface area contributed by atoms with Crippen LogP contribution in [0.3, 0.4) is 0 Å². The fraction of sp³-hybridized carbons (Fsp3) is 0.611. The highest BCUT2D eigenvalue weighted by Gasteiger charge is 2.66. The third kappa shape index (κ3) is 2.59. The normalized spacial score (nSPS) is 30.5. The van der Waals surface area contributed by atoms with Gasteiger partial charge in [0.05, 0.1) is 6.10 Å². The summed E-state index contributed by atoms with van der Waals surface area (Å²) in [7, 11) is 1.81. The summed E-state index contributed by atoms with van der Waals surface area (Å²) in [5.74, 6) is 1.46. The quantitative estimate of drug-likeness (QED) is 0.633. The predicted octanol–water partition coefficient (Wildman–Crippen LogP) is 3.62. The van der Waals surface area contributed by atoms with Crippen LogP contribution in [0, 0.1) is 11.3 Å². The molecule has 1 saturated heterocycles. The van der Waals surface area contributed by atoms with Crippen LogP contribution in [0.5, 0.6) is 0 Å². The number of nitrogens with zero attached hydrogens (tertiary/aromatic N) is 1. The van der Waals surface area contributed by atoms with Crippen molar-refractivity contribution in [2.24, 2.45) is 16.3 Å². The molecule has 0 radical (unpaired) electrons. The van der Waals surface area contributed by atoms with Gasteiger partial charge in [0.25, 0.3) is 0 Å². The van der Waals surface area contributed by atoms with Crippen molar-refractivity contribution in [1.82, 2.24) is 10.6 Å². The molecule has 1 spiro atoms. The van der Waals surface area contributed by atoms with Crippen molar-refractivity contribution in [2.45, 2.75) is 44.4 Å². The Morgan fingerprint density at radius 1 is 1.38 bits per heavy atom. The summed E-state index contributed by atoms with van der Waals surface area (Å²) in [5.41, 5.74) is 1.36. The van der Waals surface area contributed by atoms with Gasteiger partial charge in [-0.2, -0.15) is 0 Å². The summed E-state index contributed by atoms with van der Waals surface area (Å²) in [6.45, 7) is 1.53. The largest absolute Gasteiger partial charge is 0.377 e. The number of nitrogens with one attached hydrogen (secondary N) is 2. The van der Waals surface area contributed by atoms with Gasteiger partial charge in [0.15, 0.2) is 5.96 Å². The van der Waals surface area contributed by atoms with Crippen LogP contribution in [0.15, 0.2) is 23.2 Å². The summed E-state index contributed by atoms with van der Waals surface area (Å²) in [5, 5.41) is 8.37. The maximum atomic E-state index is 6.25. The van der Waals surface area contributed by atoms with Crippen molar-refractivity contribution in [2.75, 3.05) is 13.7 Å². The molecular formula is C18H23Cl2N3O.